The average Bonchev–Trinajstić information content (AvgIpc) is 2.62. The molecule has 1 aromatic carbocycles. The summed E-state index contributed by atoms with van der Waals surface area (Å²) in [5.41, 5.74) is 1.33. The SMILES string of the molecule is CC1CCN(c2ccc([N+](=O)[O-])cc2C(=O)N2CCCCC2)CC1. The molecule has 2 saturated heterocycles. The molecule has 1 amide bonds. The predicted molar refractivity (Wildman–Crippen MR) is 93.5 cm³/mol. The highest BCUT2D eigenvalue weighted by molar-refractivity contribution is 6.00. The van der Waals surface area contributed by atoms with Gasteiger partial charge in [0.05, 0.1) is 16.2 Å². The van der Waals surface area contributed by atoms with Gasteiger partial charge in [0.25, 0.3) is 11.6 Å². The topological polar surface area (TPSA) is 66.7 Å². The first-order valence-corrected chi connectivity index (χ1v) is 8.89. The number of likely N-dealkylation sites (tertiary alicyclic amines) is 1. The molecule has 0 saturated carbocycles. The number of hydrogen-bond donors (Lipinski definition) is 0. The Labute approximate surface area is 142 Å². The number of carbonyl (C=O) groups is 1. The van der Waals surface area contributed by atoms with Crippen molar-refractivity contribution in [1.29, 1.82) is 0 Å². The third-order valence-electron chi connectivity index (χ3n) is 5.19. The highest BCUT2D eigenvalue weighted by Gasteiger charge is 2.26. The van der Waals surface area contributed by atoms with Gasteiger partial charge in [0, 0.05) is 38.3 Å². The molecule has 2 aliphatic heterocycles. The Kier molecular flexibility index (Phi) is 5.02. The van der Waals surface area contributed by atoms with E-state index in [9.17, 15) is 14.9 Å². The van der Waals surface area contributed by atoms with Gasteiger partial charge in [0.1, 0.15) is 0 Å². The van der Waals surface area contributed by atoms with E-state index in [0.717, 1.165) is 64.0 Å². The van der Waals surface area contributed by atoms with Gasteiger partial charge in [0.2, 0.25) is 0 Å². The molecular formula is C18H25N3O3. The average molecular weight is 331 g/mol. The number of rotatable bonds is 3. The molecule has 1 aromatic rings. The maximum absolute atomic E-state index is 13.0. The van der Waals surface area contributed by atoms with Gasteiger partial charge in [-0.05, 0) is 44.1 Å². The minimum atomic E-state index is -0.422. The van der Waals surface area contributed by atoms with Crippen LogP contribution in [-0.2, 0) is 0 Å². The van der Waals surface area contributed by atoms with Crippen molar-refractivity contribution in [2.45, 2.75) is 39.0 Å². The Hall–Kier alpha value is -2.11. The van der Waals surface area contributed by atoms with Gasteiger partial charge in [-0.3, -0.25) is 14.9 Å². The van der Waals surface area contributed by atoms with E-state index in [2.05, 4.69) is 11.8 Å². The number of amides is 1. The molecule has 0 radical (unpaired) electrons. The Bertz CT molecular complexity index is 618. The molecule has 6 nitrogen and oxygen atoms in total. The third kappa shape index (κ3) is 3.52. The van der Waals surface area contributed by atoms with Crippen molar-refractivity contribution in [1.82, 2.24) is 4.90 Å². The lowest BCUT2D eigenvalue weighted by Crippen LogP contribution is -2.38. The van der Waals surface area contributed by atoms with E-state index < -0.39 is 4.92 Å². The van der Waals surface area contributed by atoms with Crippen LogP contribution in [0.2, 0.25) is 0 Å². The zero-order valence-corrected chi connectivity index (χ0v) is 14.2. The minimum absolute atomic E-state index is 0.00973. The fraction of sp³-hybridized carbons (Fsp3) is 0.611. The van der Waals surface area contributed by atoms with E-state index in [1.807, 2.05) is 4.90 Å². The molecule has 0 aliphatic carbocycles. The number of anilines is 1. The molecule has 0 N–H and O–H groups in total. The summed E-state index contributed by atoms with van der Waals surface area (Å²) in [6.07, 6.45) is 5.35. The van der Waals surface area contributed by atoms with Crippen LogP contribution in [0.1, 0.15) is 49.4 Å². The lowest BCUT2D eigenvalue weighted by atomic mass is 9.97. The number of hydrogen-bond acceptors (Lipinski definition) is 4. The number of carbonyl (C=O) groups excluding carboxylic acids is 1. The van der Waals surface area contributed by atoms with Gasteiger partial charge in [-0.15, -0.1) is 0 Å². The predicted octanol–water partition coefficient (Wildman–Crippen LogP) is 3.46. The second kappa shape index (κ2) is 7.20. The molecule has 3 rings (SSSR count). The molecule has 0 atom stereocenters. The molecule has 6 heteroatoms. The molecule has 2 heterocycles. The summed E-state index contributed by atoms with van der Waals surface area (Å²) in [7, 11) is 0. The molecule has 0 spiro atoms. The van der Waals surface area contributed by atoms with Gasteiger partial charge in [-0.1, -0.05) is 6.92 Å². The van der Waals surface area contributed by atoms with Crippen molar-refractivity contribution in [2.24, 2.45) is 5.92 Å². The van der Waals surface area contributed by atoms with Gasteiger partial charge < -0.3 is 9.80 Å². The number of non-ortho nitro benzene ring substituents is 1. The standard InChI is InChI=1S/C18H25N3O3/c1-14-7-11-19(12-8-14)17-6-5-15(21(23)24)13-16(17)18(22)20-9-3-2-4-10-20/h5-6,13-14H,2-4,7-12H2,1H3. The Morgan fingerprint density at radius 3 is 2.42 bits per heavy atom. The zero-order valence-electron chi connectivity index (χ0n) is 14.2. The number of piperidine rings is 2. The minimum Gasteiger partial charge on any atom is -0.371 e. The number of nitrogens with zero attached hydrogens (tertiary/aromatic N) is 3. The summed E-state index contributed by atoms with van der Waals surface area (Å²) in [6, 6.07) is 4.73. The van der Waals surface area contributed by atoms with Crippen molar-refractivity contribution in [2.75, 3.05) is 31.1 Å². The molecule has 2 aliphatic rings. The molecule has 130 valence electrons. The lowest BCUT2D eigenvalue weighted by Gasteiger charge is -2.34. The first kappa shape index (κ1) is 16.7. The first-order valence-electron chi connectivity index (χ1n) is 8.89. The monoisotopic (exact) mass is 331 g/mol. The van der Waals surface area contributed by atoms with Crippen molar-refractivity contribution < 1.29 is 9.72 Å². The Morgan fingerprint density at radius 1 is 1.12 bits per heavy atom. The van der Waals surface area contributed by atoms with E-state index in [0.29, 0.717) is 11.5 Å². The highest BCUT2D eigenvalue weighted by Crippen LogP contribution is 2.30. The number of nitro groups is 1. The summed E-state index contributed by atoms with van der Waals surface area (Å²) in [5, 5.41) is 11.1. The third-order valence-corrected chi connectivity index (χ3v) is 5.19. The summed E-state index contributed by atoms with van der Waals surface area (Å²) in [5.74, 6) is 0.632. The summed E-state index contributed by atoms with van der Waals surface area (Å²) in [6.45, 7) is 5.54. The highest BCUT2D eigenvalue weighted by atomic mass is 16.6. The van der Waals surface area contributed by atoms with Crippen LogP contribution in [0.4, 0.5) is 11.4 Å². The van der Waals surface area contributed by atoms with Crippen molar-refractivity contribution >= 4 is 17.3 Å². The lowest BCUT2D eigenvalue weighted by molar-refractivity contribution is -0.384. The van der Waals surface area contributed by atoms with E-state index >= 15 is 0 Å². The largest absolute Gasteiger partial charge is 0.371 e. The van der Waals surface area contributed by atoms with Gasteiger partial charge in [0.15, 0.2) is 0 Å². The summed E-state index contributed by atoms with van der Waals surface area (Å²) in [4.78, 5) is 27.8. The quantitative estimate of drug-likeness (QED) is 0.628. The van der Waals surface area contributed by atoms with Crippen LogP contribution in [0, 0.1) is 16.0 Å². The van der Waals surface area contributed by atoms with Crippen molar-refractivity contribution in [3.05, 3.63) is 33.9 Å². The maximum Gasteiger partial charge on any atom is 0.270 e. The maximum atomic E-state index is 13.0. The summed E-state index contributed by atoms with van der Waals surface area (Å²) >= 11 is 0. The summed E-state index contributed by atoms with van der Waals surface area (Å²) < 4.78 is 0. The molecule has 2 fully saturated rings. The van der Waals surface area contributed by atoms with Crippen molar-refractivity contribution in [3.8, 4) is 0 Å². The molecule has 24 heavy (non-hydrogen) atoms. The zero-order chi connectivity index (χ0) is 17.1. The van der Waals surface area contributed by atoms with Gasteiger partial charge >= 0.3 is 0 Å². The Morgan fingerprint density at radius 2 is 1.79 bits per heavy atom. The molecule has 0 bridgehead atoms. The molecular weight excluding hydrogens is 306 g/mol. The van der Waals surface area contributed by atoms with Crippen LogP contribution in [0.5, 0.6) is 0 Å². The number of benzene rings is 1. The smallest absolute Gasteiger partial charge is 0.270 e. The van der Waals surface area contributed by atoms with Gasteiger partial charge in [-0.25, -0.2) is 0 Å². The van der Waals surface area contributed by atoms with Crippen LogP contribution in [-0.4, -0.2) is 41.9 Å². The van der Waals surface area contributed by atoms with Crippen LogP contribution < -0.4 is 4.90 Å². The van der Waals surface area contributed by atoms with Crippen LogP contribution in [0.25, 0.3) is 0 Å². The fourth-order valence-corrected chi connectivity index (χ4v) is 3.60. The van der Waals surface area contributed by atoms with E-state index in [4.69, 9.17) is 0 Å². The van der Waals surface area contributed by atoms with E-state index in [1.54, 1.807) is 6.07 Å². The van der Waals surface area contributed by atoms with E-state index in [1.165, 1.54) is 12.1 Å². The molecule has 0 unspecified atom stereocenters. The van der Waals surface area contributed by atoms with Crippen LogP contribution >= 0.6 is 0 Å². The van der Waals surface area contributed by atoms with Gasteiger partial charge in [-0.2, -0.15) is 0 Å². The second-order valence-corrected chi connectivity index (χ2v) is 6.98. The van der Waals surface area contributed by atoms with Crippen molar-refractivity contribution in [3.63, 3.8) is 0 Å². The molecule has 0 aromatic heterocycles. The second-order valence-electron chi connectivity index (χ2n) is 6.98. The Balaban J connectivity index is 1.92. The number of nitro benzene ring substituents is 1. The first-order chi connectivity index (χ1) is 11.6. The normalized spacial score (nSPS) is 19.4. The van der Waals surface area contributed by atoms with Crippen LogP contribution in [0.3, 0.4) is 0 Å². The fourth-order valence-electron chi connectivity index (χ4n) is 3.60. The van der Waals surface area contributed by atoms with E-state index in [-0.39, 0.29) is 11.6 Å². The van der Waals surface area contributed by atoms with Crippen LogP contribution in [0.15, 0.2) is 18.2 Å².